The average molecular weight is 381 g/mol. The number of nitrogens with zero attached hydrogens (tertiary/aromatic N) is 2. The molecule has 0 aliphatic carbocycles. The molecule has 3 aromatic rings. The fourth-order valence-electron chi connectivity index (χ4n) is 4.24. The molecular formula is C21H23N3O4. The maximum absolute atomic E-state index is 12.1. The highest BCUT2D eigenvalue weighted by Gasteiger charge is 2.25. The van der Waals surface area contributed by atoms with E-state index >= 15 is 0 Å². The van der Waals surface area contributed by atoms with Crippen molar-refractivity contribution >= 4 is 33.7 Å². The highest BCUT2D eigenvalue weighted by molar-refractivity contribution is 6.19. The molecule has 1 atom stereocenters. The zero-order chi connectivity index (χ0) is 19.8. The van der Waals surface area contributed by atoms with E-state index in [9.17, 15) is 9.59 Å². The molecule has 1 aliphatic heterocycles. The third kappa shape index (κ3) is 3.07. The van der Waals surface area contributed by atoms with E-state index in [0.29, 0.717) is 22.7 Å². The molecule has 1 amide bonds. The van der Waals surface area contributed by atoms with Crippen molar-refractivity contribution in [2.24, 2.45) is 5.73 Å². The van der Waals surface area contributed by atoms with Gasteiger partial charge in [-0.2, -0.15) is 0 Å². The number of hydrogen-bond donors (Lipinski definition) is 2. The van der Waals surface area contributed by atoms with E-state index in [0.717, 1.165) is 42.4 Å². The molecule has 1 fully saturated rings. The Labute approximate surface area is 162 Å². The lowest BCUT2D eigenvalue weighted by atomic mass is 10.1. The summed E-state index contributed by atoms with van der Waals surface area (Å²) in [6.07, 6.45) is 2.28. The van der Waals surface area contributed by atoms with Gasteiger partial charge in [-0.3, -0.25) is 4.79 Å². The maximum Gasteiger partial charge on any atom is 0.341 e. The number of ether oxygens (including phenoxy) is 1. The molecule has 4 rings (SSSR count). The Hall–Kier alpha value is -3.06. The summed E-state index contributed by atoms with van der Waals surface area (Å²) < 4.78 is 7.74. The van der Waals surface area contributed by atoms with Crippen molar-refractivity contribution in [2.75, 3.05) is 20.2 Å². The Morgan fingerprint density at radius 2 is 1.89 bits per heavy atom. The lowest BCUT2D eigenvalue weighted by Crippen LogP contribution is -2.29. The lowest BCUT2D eigenvalue weighted by Gasteiger charge is -2.21. The van der Waals surface area contributed by atoms with Crippen molar-refractivity contribution in [1.29, 1.82) is 0 Å². The number of nitrogens with two attached hydrogens (primary N) is 1. The van der Waals surface area contributed by atoms with Crippen LogP contribution in [0.3, 0.4) is 0 Å². The zero-order valence-corrected chi connectivity index (χ0v) is 15.7. The zero-order valence-electron chi connectivity index (χ0n) is 15.7. The number of fused-ring (bicyclic) bond motifs is 3. The second-order valence-corrected chi connectivity index (χ2v) is 7.28. The summed E-state index contributed by atoms with van der Waals surface area (Å²) in [4.78, 5) is 25.5. The number of likely N-dealkylation sites (N-methyl/N-ethyl adjacent to an activating group) is 1. The van der Waals surface area contributed by atoms with Crippen molar-refractivity contribution in [3.63, 3.8) is 0 Å². The number of carboxylic acids is 1. The quantitative estimate of drug-likeness (QED) is 0.683. The molecule has 0 saturated carbocycles. The van der Waals surface area contributed by atoms with Crippen molar-refractivity contribution in [1.82, 2.24) is 9.47 Å². The summed E-state index contributed by atoms with van der Waals surface area (Å²) in [6, 6.07) is 11.4. The SMILES string of the molecule is CN1CCCC1Cn1c2cccc(OCC(=O)O)c2c2c(C(N)=O)cccc21. The minimum absolute atomic E-state index is 0.402. The van der Waals surface area contributed by atoms with Gasteiger partial charge in [-0.25, -0.2) is 4.79 Å². The van der Waals surface area contributed by atoms with Crippen LogP contribution in [0, 0.1) is 0 Å². The predicted molar refractivity (Wildman–Crippen MR) is 107 cm³/mol. The number of carboxylic acid groups (broad SMARTS) is 1. The summed E-state index contributed by atoms with van der Waals surface area (Å²) in [5.41, 5.74) is 7.87. The molecule has 0 radical (unpaired) electrons. The Balaban J connectivity index is 1.97. The first-order valence-corrected chi connectivity index (χ1v) is 9.36. The van der Waals surface area contributed by atoms with Gasteiger partial charge in [0.05, 0.1) is 16.4 Å². The third-order valence-electron chi connectivity index (χ3n) is 5.56. The van der Waals surface area contributed by atoms with E-state index in [1.54, 1.807) is 12.1 Å². The molecule has 1 aliphatic rings. The predicted octanol–water partition coefficient (Wildman–Crippen LogP) is 2.45. The number of rotatable bonds is 6. The largest absolute Gasteiger partial charge is 0.481 e. The van der Waals surface area contributed by atoms with E-state index in [2.05, 4.69) is 16.5 Å². The van der Waals surface area contributed by atoms with Crippen LogP contribution >= 0.6 is 0 Å². The molecular weight excluding hydrogens is 358 g/mol. The molecule has 28 heavy (non-hydrogen) atoms. The standard InChI is InChI=1S/C21H23N3O4/c1-23-10-4-5-13(23)11-24-15-7-2-6-14(21(22)27)19(15)20-16(24)8-3-9-17(20)28-12-18(25)26/h2-3,6-9,13H,4-5,10-12H2,1H3,(H2,22,27)(H,25,26). The van der Waals surface area contributed by atoms with Gasteiger partial charge < -0.3 is 25.0 Å². The number of likely N-dealkylation sites (tertiary alicyclic amines) is 1. The van der Waals surface area contributed by atoms with Gasteiger partial charge in [0, 0.05) is 23.5 Å². The minimum Gasteiger partial charge on any atom is -0.481 e. The molecule has 146 valence electrons. The molecule has 0 spiro atoms. The minimum atomic E-state index is -1.05. The first kappa shape index (κ1) is 18.3. The summed E-state index contributed by atoms with van der Waals surface area (Å²) >= 11 is 0. The molecule has 7 nitrogen and oxygen atoms in total. The maximum atomic E-state index is 12.1. The van der Waals surface area contributed by atoms with Crippen LogP contribution in [0.1, 0.15) is 23.2 Å². The number of carbonyl (C=O) groups excluding carboxylic acids is 1. The van der Waals surface area contributed by atoms with Crippen LogP contribution in [-0.4, -0.2) is 52.7 Å². The van der Waals surface area contributed by atoms with Crippen molar-refractivity contribution in [3.8, 4) is 5.75 Å². The first-order chi connectivity index (χ1) is 13.5. The molecule has 2 aromatic carbocycles. The summed E-state index contributed by atoms with van der Waals surface area (Å²) in [5, 5.41) is 10.5. The number of carbonyl (C=O) groups is 2. The van der Waals surface area contributed by atoms with Crippen LogP contribution < -0.4 is 10.5 Å². The van der Waals surface area contributed by atoms with Gasteiger partial charge in [0.1, 0.15) is 5.75 Å². The van der Waals surface area contributed by atoms with Crippen molar-refractivity contribution in [2.45, 2.75) is 25.4 Å². The van der Waals surface area contributed by atoms with Gasteiger partial charge in [0.25, 0.3) is 0 Å². The Kier molecular flexibility index (Phi) is 4.68. The molecule has 2 heterocycles. The summed E-state index contributed by atoms with van der Waals surface area (Å²) in [6.45, 7) is 1.40. The summed E-state index contributed by atoms with van der Waals surface area (Å²) in [7, 11) is 2.13. The van der Waals surface area contributed by atoms with Gasteiger partial charge in [0.2, 0.25) is 5.91 Å². The van der Waals surface area contributed by atoms with Crippen LogP contribution in [-0.2, 0) is 11.3 Å². The van der Waals surface area contributed by atoms with Crippen molar-refractivity contribution < 1.29 is 19.4 Å². The van der Waals surface area contributed by atoms with Crippen LogP contribution in [0.2, 0.25) is 0 Å². The van der Waals surface area contributed by atoms with Gasteiger partial charge in [-0.1, -0.05) is 12.1 Å². The number of hydrogen-bond acceptors (Lipinski definition) is 4. The molecule has 1 unspecified atom stereocenters. The number of primary amides is 1. The number of benzene rings is 2. The lowest BCUT2D eigenvalue weighted by molar-refractivity contribution is -0.139. The van der Waals surface area contributed by atoms with E-state index in [4.69, 9.17) is 15.6 Å². The summed E-state index contributed by atoms with van der Waals surface area (Å²) in [5.74, 6) is -1.13. The molecule has 0 bridgehead atoms. The fraction of sp³-hybridized carbons (Fsp3) is 0.333. The van der Waals surface area contributed by atoms with Gasteiger partial charge in [-0.15, -0.1) is 0 Å². The molecule has 1 aromatic heterocycles. The van der Waals surface area contributed by atoms with E-state index in [-0.39, 0.29) is 0 Å². The third-order valence-corrected chi connectivity index (χ3v) is 5.56. The monoisotopic (exact) mass is 381 g/mol. The first-order valence-electron chi connectivity index (χ1n) is 9.36. The second-order valence-electron chi connectivity index (χ2n) is 7.28. The number of aromatic nitrogens is 1. The molecule has 3 N–H and O–H groups in total. The van der Waals surface area contributed by atoms with Crippen LogP contribution in [0.15, 0.2) is 36.4 Å². The van der Waals surface area contributed by atoms with Crippen LogP contribution in [0.4, 0.5) is 0 Å². The van der Waals surface area contributed by atoms with Crippen molar-refractivity contribution in [3.05, 3.63) is 42.0 Å². The van der Waals surface area contributed by atoms with Crippen LogP contribution in [0.5, 0.6) is 5.75 Å². The Morgan fingerprint density at radius 1 is 1.18 bits per heavy atom. The highest BCUT2D eigenvalue weighted by atomic mass is 16.5. The number of amides is 1. The smallest absolute Gasteiger partial charge is 0.341 e. The fourth-order valence-corrected chi connectivity index (χ4v) is 4.24. The van der Waals surface area contributed by atoms with E-state index in [1.807, 2.05) is 24.3 Å². The normalized spacial score (nSPS) is 17.4. The van der Waals surface area contributed by atoms with Gasteiger partial charge in [0.15, 0.2) is 6.61 Å². The number of aliphatic carboxylic acids is 1. The van der Waals surface area contributed by atoms with Crippen LogP contribution in [0.25, 0.3) is 21.8 Å². The Bertz CT molecular complexity index is 1070. The Morgan fingerprint density at radius 3 is 2.54 bits per heavy atom. The highest BCUT2D eigenvalue weighted by Crippen LogP contribution is 2.38. The topological polar surface area (TPSA) is 97.8 Å². The van der Waals surface area contributed by atoms with Gasteiger partial charge >= 0.3 is 5.97 Å². The van der Waals surface area contributed by atoms with Gasteiger partial charge in [-0.05, 0) is 50.7 Å². The molecule has 7 heteroatoms. The second kappa shape index (κ2) is 7.16. The average Bonchev–Trinajstić information content (AvgIpc) is 3.22. The van der Waals surface area contributed by atoms with E-state index < -0.39 is 18.5 Å². The van der Waals surface area contributed by atoms with E-state index in [1.165, 1.54) is 0 Å². The molecule has 1 saturated heterocycles.